The van der Waals surface area contributed by atoms with Crippen LogP contribution in [0.25, 0.3) is 0 Å². The molecule has 0 spiro atoms. The van der Waals surface area contributed by atoms with Crippen molar-refractivity contribution >= 4 is 11.7 Å². The first kappa shape index (κ1) is 12.8. The van der Waals surface area contributed by atoms with E-state index in [2.05, 4.69) is 10.2 Å². The Morgan fingerprint density at radius 2 is 2.11 bits per heavy atom. The molecule has 1 heterocycles. The zero-order valence-corrected chi connectivity index (χ0v) is 10.3. The number of hydrogen-bond acceptors (Lipinski definition) is 3. The molecule has 18 heavy (non-hydrogen) atoms. The fourth-order valence-corrected chi connectivity index (χ4v) is 2.47. The number of piperazine rings is 1. The second kappa shape index (κ2) is 5.35. The minimum absolute atomic E-state index is 0.0781. The molecule has 0 amide bonds. The van der Waals surface area contributed by atoms with E-state index in [1.54, 1.807) is 12.1 Å². The summed E-state index contributed by atoms with van der Waals surface area (Å²) in [5.41, 5.74) is 0.872. The van der Waals surface area contributed by atoms with Crippen molar-refractivity contribution < 1.29 is 14.3 Å². The second-order valence-corrected chi connectivity index (χ2v) is 4.64. The number of carboxylic acid groups (broad SMARTS) is 1. The van der Waals surface area contributed by atoms with Crippen LogP contribution in [-0.2, 0) is 4.79 Å². The minimum atomic E-state index is -0.817. The van der Waals surface area contributed by atoms with Gasteiger partial charge < -0.3 is 15.3 Å². The van der Waals surface area contributed by atoms with Gasteiger partial charge in [0.2, 0.25) is 0 Å². The number of anilines is 1. The zero-order valence-electron chi connectivity index (χ0n) is 10.3. The number of halogens is 1. The molecule has 1 fully saturated rings. The molecule has 0 aromatic heterocycles. The number of aliphatic carboxylic acids is 1. The molecule has 98 valence electrons. The van der Waals surface area contributed by atoms with E-state index in [-0.39, 0.29) is 24.3 Å². The second-order valence-electron chi connectivity index (χ2n) is 4.64. The lowest BCUT2D eigenvalue weighted by molar-refractivity contribution is -0.137. The van der Waals surface area contributed by atoms with Crippen molar-refractivity contribution in [3.8, 4) is 0 Å². The third-order valence-electron chi connectivity index (χ3n) is 3.22. The molecular weight excluding hydrogens is 235 g/mol. The van der Waals surface area contributed by atoms with Crippen LogP contribution in [0.1, 0.15) is 13.3 Å². The molecule has 1 aliphatic heterocycles. The number of nitrogens with zero attached hydrogens (tertiary/aromatic N) is 1. The van der Waals surface area contributed by atoms with E-state index >= 15 is 0 Å². The Bertz CT molecular complexity index is 422. The van der Waals surface area contributed by atoms with E-state index in [1.807, 2.05) is 6.92 Å². The normalized spacial score (nSPS) is 24.0. The standard InChI is InChI=1S/C13H17FN2O2/c1-9-7-15-8-12(6-13(17)18)16(9)11-4-2-10(14)3-5-11/h2-5,9,12,15H,6-8H2,1H3,(H,17,18). The van der Waals surface area contributed by atoms with Gasteiger partial charge in [0.15, 0.2) is 0 Å². The van der Waals surface area contributed by atoms with Crippen LogP contribution in [0.3, 0.4) is 0 Å². The highest BCUT2D eigenvalue weighted by atomic mass is 19.1. The van der Waals surface area contributed by atoms with E-state index in [9.17, 15) is 9.18 Å². The molecule has 1 saturated heterocycles. The van der Waals surface area contributed by atoms with Crippen LogP contribution < -0.4 is 10.2 Å². The van der Waals surface area contributed by atoms with Gasteiger partial charge in [0.25, 0.3) is 0 Å². The lowest BCUT2D eigenvalue weighted by Crippen LogP contribution is -2.57. The van der Waals surface area contributed by atoms with Crippen molar-refractivity contribution in [3.63, 3.8) is 0 Å². The zero-order chi connectivity index (χ0) is 13.1. The largest absolute Gasteiger partial charge is 0.481 e. The number of carbonyl (C=O) groups is 1. The Morgan fingerprint density at radius 3 is 2.72 bits per heavy atom. The van der Waals surface area contributed by atoms with Crippen LogP contribution in [0.4, 0.5) is 10.1 Å². The van der Waals surface area contributed by atoms with Crippen LogP contribution in [-0.4, -0.2) is 36.2 Å². The summed E-state index contributed by atoms with van der Waals surface area (Å²) in [4.78, 5) is 13.0. The lowest BCUT2D eigenvalue weighted by Gasteiger charge is -2.42. The van der Waals surface area contributed by atoms with Crippen LogP contribution in [0.5, 0.6) is 0 Å². The predicted molar refractivity (Wildman–Crippen MR) is 67.3 cm³/mol. The maximum Gasteiger partial charge on any atom is 0.305 e. The van der Waals surface area contributed by atoms with Gasteiger partial charge in [0, 0.05) is 24.8 Å². The first-order valence-corrected chi connectivity index (χ1v) is 6.04. The molecule has 0 saturated carbocycles. The monoisotopic (exact) mass is 252 g/mol. The van der Waals surface area contributed by atoms with Crippen molar-refractivity contribution in [1.29, 1.82) is 0 Å². The summed E-state index contributed by atoms with van der Waals surface area (Å²) >= 11 is 0. The molecule has 0 aliphatic carbocycles. The quantitative estimate of drug-likeness (QED) is 0.855. The molecule has 0 bridgehead atoms. The molecule has 1 aromatic carbocycles. The molecule has 4 nitrogen and oxygen atoms in total. The van der Waals surface area contributed by atoms with Crippen LogP contribution in [0.2, 0.25) is 0 Å². The van der Waals surface area contributed by atoms with Crippen molar-refractivity contribution in [2.75, 3.05) is 18.0 Å². The molecule has 2 rings (SSSR count). The van der Waals surface area contributed by atoms with E-state index < -0.39 is 5.97 Å². The molecular formula is C13H17FN2O2. The minimum Gasteiger partial charge on any atom is -0.481 e. The van der Waals surface area contributed by atoms with Crippen molar-refractivity contribution in [1.82, 2.24) is 5.32 Å². The van der Waals surface area contributed by atoms with Gasteiger partial charge in [-0.25, -0.2) is 4.39 Å². The van der Waals surface area contributed by atoms with Gasteiger partial charge in [-0.1, -0.05) is 0 Å². The first-order valence-electron chi connectivity index (χ1n) is 6.04. The fourth-order valence-electron chi connectivity index (χ4n) is 2.47. The average Bonchev–Trinajstić information content (AvgIpc) is 2.30. The number of rotatable bonds is 3. The first-order chi connectivity index (χ1) is 8.58. The molecule has 2 atom stereocenters. The highest BCUT2D eigenvalue weighted by Gasteiger charge is 2.29. The Kier molecular flexibility index (Phi) is 3.81. The maximum atomic E-state index is 12.9. The average molecular weight is 252 g/mol. The summed E-state index contributed by atoms with van der Waals surface area (Å²) in [6.45, 7) is 3.46. The number of benzene rings is 1. The van der Waals surface area contributed by atoms with Gasteiger partial charge in [-0.3, -0.25) is 4.79 Å². The summed E-state index contributed by atoms with van der Waals surface area (Å²) in [6.07, 6.45) is 0.0781. The molecule has 1 aromatic rings. The van der Waals surface area contributed by atoms with Crippen LogP contribution >= 0.6 is 0 Å². The maximum absolute atomic E-state index is 12.9. The summed E-state index contributed by atoms with van der Waals surface area (Å²) in [7, 11) is 0. The highest BCUT2D eigenvalue weighted by Crippen LogP contribution is 2.23. The summed E-state index contributed by atoms with van der Waals surface area (Å²) in [5, 5.41) is 12.2. The lowest BCUT2D eigenvalue weighted by atomic mass is 10.0. The van der Waals surface area contributed by atoms with Crippen LogP contribution in [0, 0.1) is 5.82 Å². The number of hydrogen-bond donors (Lipinski definition) is 2. The van der Waals surface area contributed by atoms with Gasteiger partial charge in [-0.05, 0) is 31.2 Å². The Hall–Kier alpha value is -1.62. The smallest absolute Gasteiger partial charge is 0.305 e. The summed E-state index contributed by atoms with van der Waals surface area (Å²) in [6, 6.07) is 6.30. The summed E-state index contributed by atoms with van der Waals surface area (Å²) < 4.78 is 12.9. The van der Waals surface area contributed by atoms with Crippen molar-refractivity contribution in [2.24, 2.45) is 0 Å². The SMILES string of the molecule is CC1CNCC(CC(=O)O)N1c1ccc(F)cc1. The molecule has 5 heteroatoms. The van der Waals surface area contributed by atoms with Crippen LogP contribution in [0.15, 0.2) is 24.3 Å². The van der Waals surface area contributed by atoms with E-state index in [0.29, 0.717) is 6.54 Å². The Morgan fingerprint density at radius 1 is 1.44 bits per heavy atom. The Labute approximate surface area is 105 Å². The van der Waals surface area contributed by atoms with Gasteiger partial charge in [-0.15, -0.1) is 0 Å². The third kappa shape index (κ3) is 2.79. The predicted octanol–water partition coefficient (Wildman–Crippen LogP) is 1.47. The fraction of sp³-hybridized carbons (Fsp3) is 0.462. The summed E-state index contributed by atoms with van der Waals surface area (Å²) in [5.74, 6) is -1.10. The number of carboxylic acids is 1. The van der Waals surface area contributed by atoms with E-state index in [1.165, 1.54) is 12.1 Å². The highest BCUT2D eigenvalue weighted by molar-refractivity contribution is 5.69. The molecule has 1 aliphatic rings. The van der Waals surface area contributed by atoms with Gasteiger partial charge in [0.05, 0.1) is 12.5 Å². The molecule has 2 N–H and O–H groups in total. The molecule has 0 radical (unpaired) electrons. The number of nitrogens with one attached hydrogen (secondary N) is 1. The van der Waals surface area contributed by atoms with E-state index in [0.717, 1.165) is 12.2 Å². The van der Waals surface area contributed by atoms with Gasteiger partial charge >= 0.3 is 5.97 Å². The Balaban J connectivity index is 2.23. The molecule has 2 unspecified atom stereocenters. The van der Waals surface area contributed by atoms with Gasteiger partial charge in [-0.2, -0.15) is 0 Å². The van der Waals surface area contributed by atoms with Crippen molar-refractivity contribution in [3.05, 3.63) is 30.1 Å². The van der Waals surface area contributed by atoms with Crippen molar-refractivity contribution in [2.45, 2.75) is 25.4 Å². The third-order valence-corrected chi connectivity index (χ3v) is 3.22. The van der Waals surface area contributed by atoms with E-state index in [4.69, 9.17) is 5.11 Å². The topological polar surface area (TPSA) is 52.6 Å². The van der Waals surface area contributed by atoms with Gasteiger partial charge in [0.1, 0.15) is 5.82 Å².